The van der Waals surface area contributed by atoms with Gasteiger partial charge in [-0.05, 0) is 26.3 Å². The van der Waals surface area contributed by atoms with Crippen molar-refractivity contribution >= 4 is 11.9 Å². The van der Waals surface area contributed by atoms with Gasteiger partial charge in [0.15, 0.2) is 0 Å². The molecule has 0 aromatic carbocycles. The first-order chi connectivity index (χ1) is 13.1. The number of hydrogen-bond donors (Lipinski definition) is 0. The Kier molecular flexibility index (Phi) is 12.6. The van der Waals surface area contributed by atoms with Crippen molar-refractivity contribution in [3.8, 4) is 0 Å². The van der Waals surface area contributed by atoms with Gasteiger partial charge in [0.25, 0.3) is 0 Å². The minimum absolute atomic E-state index is 0.0443. The summed E-state index contributed by atoms with van der Waals surface area (Å²) in [6.45, 7) is 5.77. The van der Waals surface area contributed by atoms with Crippen molar-refractivity contribution in [1.82, 2.24) is 0 Å². The summed E-state index contributed by atoms with van der Waals surface area (Å²) in [6.07, 6.45) is 18.5. The Hall–Kier alpha value is -1.58. The number of cyclic esters (lactones) is 1. The second-order valence-corrected chi connectivity index (χ2v) is 7.46. The molecule has 154 valence electrons. The van der Waals surface area contributed by atoms with E-state index in [1.165, 1.54) is 64.2 Å². The number of carbonyl (C=O) groups excluding carboxylic acids is 2. The van der Waals surface area contributed by atoms with Gasteiger partial charge in [-0.3, -0.25) is 4.79 Å². The Morgan fingerprint density at radius 3 is 1.81 bits per heavy atom. The molecular weight excluding hydrogens is 340 g/mol. The molecule has 0 bridgehead atoms. The van der Waals surface area contributed by atoms with Crippen LogP contribution in [0.5, 0.6) is 0 Å². The third kappa shape index (κ3) is 9.78. The van der Waals surface area contributed by atoms with Crippen molar-refractivity contribution < 1.29 is 19.1 Å². The molecule has 0 N–H and O–H groups in total. The number of esters is 2. The molecule has 4 heteroatoms. The number of hydrogen-bond acceptors (Lipinski definition) is 4. The predicted molar refractivity (Wildman–Crippen MR) is 109 cm³/mol. The average molecular weight is 379 g/mol. The van der Waals surface area contributed by atoms with Crippen LogP contribution in [0, 0.1) is 0 Å². The molecule has 0 aliphatic carbocycles. The van der Waals surface area contributed by atoms with Gasteiger partial charge in [0, 0.05) is 12.0 Å². The first-order valence-corrected chi connectivity index (χ1v) is 10.9. The highest BCUT2D eigenvalue weighted by molar-refractivity contribution is 5.94. The van der Waals surface area contributed by atoms with Crippen LogP contribution in [-0.4, -0.2) is 11.9 Å². The van der Waals surface area contributed by atoms with E-state index < -0.39 is 5.97 Å². The molecule has 0 atom stereocenters. The first-order valence-electron chi connectivity index (χ1n) is 10.9. The summed E-state index contributed by atoms with van der Waals surface area (Å²) in [5, 5.41) is 0. The van der Waals surface area contributed by atoms with Gasteiger partial charge in [-0.25, -0.2) is 4.79 Å². The highest BCUT2D eigenvalue weighted by atomic mass is 16.6. The summed E-state index contributed by atoms with van der Waals surface area (Å²) < 4.78 is 10.2. The number of rotatable bonds is 15. The third-order valence-corrected chi connectivity index (χ3v) is 5.06. The zero-order valence-corrected chi connectivity index (χ0v) is 17.6. The van der Waals surface area contributed by atoms with Crippen molar-refractivity contribution in [2.45, 2.75) is 111 Å². The van der Waals surface area contributed by atoms with Crippen LogP contribution in [0.4, 0.5) is 0 Å². The zero-order chi connectivity index (χ0) is 19.9. The molecule has 0 aromatic heterocycles. The van der Waals surface area contributed by atoms with E-state index in [1.807, 2.05) is 0 Å². The van der Waals surface area contributed by atoms with Gasteiger partial charge in [-0.15, -0.1) is 0 Å². The van der Waals surface area contributed by atoms with Crippen molar-refractivity contribution in [2.75, 3.05) is 0 Å². The minimum Gasteiger partial charge on any atom is -0.421 e. The second-order valence-electron chi connectivity index (χ2n) is 7.46. The highest BCUT2D eigenvalue weighted by Crippen LogP contribution is 2.26. The van der Waals surface area contributed by atoms with Crippen molar-refractivity contribution in [1.29, 1.82) is 0 Å². The maximum atomic E-state index is 11.9. The molecule has 1 aliphatic rings. The van der Waals surface area contributed by atoms with Gasteiger partial charge < -0.3 is 9.47 Å². The molecule has 0 unspecified atom stereocenters. The summed E-state index contributed by atoms with van der Waals surface area (Å²) in [5.41, 5.74) is 0.598. The Morgan fingerprint density at radius 2 is 1.37 bits per heavy atom. The van der Waals surface area contributed by atoms with Gasteiger partial charge >= 0.3 is 11.9 Å². The molecule has 0 saturated heterocycles. The fraction of sp³-hybridized carbons (Fsp3) is 0.739. The lowest BCUT2D eigenvalue weighted by atomic mass is 10.0. The Labute approximate surface area is 165 Å². The summed E-state index contributed by atoms with van der Waals surface area (Å²) >= 11 is 0. The Bertz CT molecular complexity index is 516. The van der Waals surface area contributed by atoms with E-state index in [9.17, 15) is 9.59 Å². The number of carbonyl (C=O) groups is 2. The van der Waals surface area contributed by atoms with Gasteiger partial charge in [0.2, 0.25) is 5.76 Å². The molecule has 27 heavy (non-hydrogen) atoms. The number of ether oxygens (including phenoxy) is 2. The van der Waals surface area contributed by atoms with E-state index in [0.717, 1.165) is 19.3 Å². The van der Waals surface area contributed by atoms with Crippen LogP contribution >= 0.6 is 0 Å². The fourth-order valence-electron chi connectivity index (χ4n) is 3.33. The molecule has 1 heterocycles. The Balaban J connectivity index is 1.97. The highest BCUT2D eigenvalue weighted by Gasteiger charge is 2.30. The van der Waals surface area contributed by atoms with Crippen LogP contribution in [0.3, 0.4) is 0 Å². The quantitative estimate of drug-likeness (QED) is 0.234. The molecule has 0 radical (unpaired) electrons. The Morgan fingerprint density at radius 1 is 0.889 bits per heavy atom. The van der Waals surface area contributed by atoms with Crippen LogP contribution in [0.25, 0.3) is 0 Å². The lowest BCUT2D eigenvalue weighted by molar-refractivity contribution is -0.147. The van der Waals surface area contributed by atoms with Crippen LogP contribution < -0.4 is 0 Å². The maximum Gasteiger partial charge on any atom is 0.380 e. The van der Waals surface area contributed by atoms with Crippen LogP contribution in [0.15, 0.2) is 23.2 Å². The van der Waals surface area contributed by atoms with E-state index in [4.69, 9.17) is 9.47 Å². The zero-order valence-electron chi connectivity index (χ0n) is 17.6. The summed E-state index contributed by atoms with van der Waals surface area (Å²) in [7, 11) is 0. The second kappa shape index (κ2) is 14.5. The normalized spacial score (nSPS) is 15.5. The van der Waals surface area contributed by atoms with E-state index in [1.54, 1.807) is 19.9 Å². The summed E-state index contributed by atoms with van der Waals surface area (Å²) in [5.74, 6) is -0.396. The third-order valence-electron chi connectivity index (χ3n) is 5.06. The molecular formula is C23H38O4. The van der Waals surface area contributed by atoms with Gasteiger partial charge in [0.05, 0.1) is 0 Å². The molecule has 0 saturated carbocycles. The van der Waals surface area contributed by atoms with Crippen LogP contribution in [0.2, 0.25) is 0 Å². The fourth-order valence-corrected chi connectivity index (χ4v) is 3.33. The van der Waals surface area contributed by atoms with Crippen molar-refractivity contribution in [3.63, 3.8) is 0 Å². The number of unbranched alkanes of at least 4 members (excludes halogenated alkanes) is 12. The minimum atomic E-state index is -0.570. The topological polar surface area (TPSA) is 52.6 Å². The summed E-state index contributed by atoms with van der Waals surface area (Å²) in [4.78, 5) is 23.6. The SMILES string of the molecule is C/C=C1\OC(=O)C(OC(=O)CCCCCCCCCCCCCCC)=C1C. The monoisotopic (exact) mass is 378 g/mol. The average Bonchev–Trinajstić information content (AvgIpc) is 2.93. The summed E-state index contributed by atoms with van der Waals surface area (Å²) in [6, 6.07) is 0. The molecule has 0 amide bonds. The molecule has 0 aromatic rings. The lowest BCUT2D eigenvalue weighted by Crippen LogP contribution is -2.10. The van der Waals surface area contributed by atoms with Gasteiger partial charge in [0.1, 0.15) is 5.76 Å². The standard InChI is InChI=1S/C23H38O4/c1-4-6-7-8-9-10-11-12-13-14-15-16-17-18-21(24)27-22-19(3)20(5-2)26-23(22)25/h5H,4,6-18H2,1-3H3/b20-5-. The molecule has 1 rings (SSSR count). The van der Waals surface area contributed by atoms with E-state index >= 15 is 0 Å². The van der Waals surface area contributed by atoms with E-state index in [0.29, 0.717) is 17.8 Å². The molecule has 1 aliphatic heterocycles. The molecule has 4 nitrogen and oxygen atoms in total. The number of allylic oxidation sites excluding steroid dienone is 2. The van der Waals surface area contributed by atoms with Gasteiger partial charge in [-0.1, -0.05) is 84.0 Å². The van der Waals surface area contributed by atoms with Crippen molar-refractivity contribution in [3.05, 3.63) is 23.2 Å². The predicted octanol–water partition coefficient (Wildman–Crippen LogP) is 6.75. The molecule has 0 spiro atoms. The van der Waals surface area contributed by atoms with Gasteiger partial charge in [-0.2, -0.15) is 0 Å². The van der Waals surface area contributed by atoms with E-state index in [2.05, 4.69) is 6.92 Å². The largest absolute Gasteiger partial charge is 0.421 e. The van der Waals surface area contributed by atoms with Crippen LogP contribution in [0.1, 0.15) is 111 Å². The first kappa shape index (κ1) is 23.5. The lowest BCUT2D eigenvalue weighted by Gasteiger charge is -2.04. The van der Waals surface area contributed by atoms with Crippen molar-refractivity contribution in [2.24, 2.45) is 0 Å². The molecule has 0 fully saturated rings. The van der Waals surface area contributed by atoms with E-state index in [-0.39, 0.29) is 11.7 Å². The maximum absolute atomic E-state index is 11.9. The smallest absolute Gasteiger partial charge is 0.380 e. The van der Waals surface area contributed by atoms with Crippen LogP contribution in [-0.2, 0) is 19.1 Å².